The Kier molecular flexibility index (Phi) is 8.92. The summed E-state index contributed by atoms with van der Waals surface area (Å²) in [7, 11) is 0. The number of aryl methyl sites for hydroxylation is 3. The van der Waals surface area contributed by atoms with Crippen LogP contribution in [0.15, 0.2) is 18.2 Å². The van der Waals surface area contributed by atoms with Crippen molar-refractivity contribution in [2.75, 3.05) is 18.0 Å². The Morgan fingerprint density at radius 1 is 0.871 bits per heavy atom. The maximum absolute atomic E-state index is 5.33. The van der Waals surface area contributed by atoms with Gasteiger partial charge in [-0.25, -0.2) is 9.97 Å². The van der Waals surface area contributed by atoms with Gasteiger partial charge >= 0.3 is 0 Å². The molecule has 1 aromatic heterocycles. The molecule has 1 aliphatic heterocycles. The van der Waals surface area contributed by atoms with Gasteiger partial charge in [-0.2, -0.15) is 0 Å². The highest BCUT2D eigenvalue weighted by Gasteiger charge is 2.23. The van der Waals surface area contributed by atoms with Crippen molar-refractivity contribution >= 4 is 5.82 Å². The van der Waals surface area contributed by atoms with Crippen LogP contribution in [0.2, 0.25) is 0 Å². The van der Waals surface area contributed by atoms with Gasteiger partial charge < -0.3 is 4.90 Å². The van der Waals surface area contributed by atoms with Crippen molar-refractivity contribution in [3.63, 3.8) is 0 Å². The summed E-state index contributed by atoms with van der Waals surface area (Å²) in [5.74, 6) is 2.91. The second-order valence-corrected chi connectivity index (χ2v) is 9.29. The maximum atomic E-state index is 5.33. The molecular weight excluding hydrogens is 378 g/mol. The van der Waals surface area contributed by atoms with Crippen molar-refractivity contribution in [3.8, 4) is 11.4 Å². The molecule has 0 unspecified atom stereocenters. The second kappa shape index (κ2) is 11.6. The lowest BCUT2D eigenvalue weighted by molar-refractivity contribution is 0.435. The van der Waals surface area contributed by atoms with Crippen LogP contribution in [0.25, 0.3) is 11.4 Å². The molecule has 1 aliphatic rings. The Morgan fingerprint density at radius 3 is 2.03 bits per heavy atom. The molecule has 31 heavy (non-hydrogen) atoms. The largest absolute Gasteiger partial charge is 0.356 e. The number of rotatable bonds is 10. The first-order valence-corrected chi connectivity index (χ1v) is 12.9. The minimum Gasteiger partial charge on any atom is -0.356 e. The topological polar surface area (TPSA) is 29.0 Å². The molecule has 0 saturated carbocycles. The molecule has 0 radical (unpaired) electrons. The Bertz CT molecular complexity index is 808. The van der Waals surface area contributed by atoms with E-state index in [9.17, 15) is 0 Å². The molecule has 2 aromatic rings. The number of piperidine rings is 1. The van der Waals surface area contributed by atoms with E-state index in [1.165, 1.54) is 78.7 Å². The van der Waals surface area contributed by atoms with Crippen molar-refractivity contribution in [1.82, 2.24) is 9.97 Å². The monoisotopic (exact) mass is 421 g/mol. The highest BCUT2D eigenvalue weighted by Crippen LogP contribution is 2.33. The number of aromatic nitrogens is 2. The van der Waals surface area contributed by atoms with Crippen LogP contribution in [-0.4, -0.2) is 23.1 Å². The molecule has 170 valence electrons. The Balaban J connectivity index is 2.11. The Morgan fingerprint density at radius 2 is 1.48 bits per heavy atom. The van der Waals surface area contributed by atoms with Crippen LogP contribution in [0.3, 0.4) is 0 Å². The van der Waals surface area contributed by atoms with E-state index in [1.54, 1.807) is 0 Å². The van der Waals surface area contributed by atoms with Gasteiger partial charge in [-0.1, -0.05) is 71.6 Å². The van der Waals surface area contributed by atoms with Crippen LogP contribution in [0.4, 0.5) is 5.82 Å². The minimum absolute atomic E-state index is 0.737. The third-order valence-electron chi connectivity index (χ3n) is 6.96. The van der Waals surface area contributed by atoms with E-state index in [-0.39, 0.29) is 0 Å². The summed E-state index contributed by atoms with van der Waals surface area (Å²) in [4.78, 5) is 13.0. The van der Waals surface area contributed by atoms with Crippen molar-refractivity contribution in [1.29, 1.82) is 0 Å². The average Bonchev–Trinajstić information content (AvgIpc) is 2.80. The number of nitrogens with zero attached hydrogens (tertiary/aromatic N) is 3. The molecule has 3 heteroatoms. The second-order valence-electron chi connectivity index (χ2n) is 9.29. The van der Waals surface area contributed by atoms with Gasteiger partial charge in [0.05, 0.1) is 0 Å². The highest BCUT2D eigenvalue weighted by molar-refractivity contribution is 5.68. The zero-order valence-electron chi connectivity index (χ0n) is 20.6. The lowest BCUT2D eigenvalue weighted by Crippen LogP contribution is -2.32. The molecule has 0 aliphatic carbocycles. The highest BCUT2D eigenvalue weighted by atomic mass is 15.2. The standard InChI is InChI=1S/C28H43N3/c1-6-14-22(15-7-2)20-25-21(5)29-27(30-28(25)31-18-11-10-12-19-31)26-23(8-3)16-13-17-24(26)9-4/h13,16-17,22H,6-12,14-15,18-20H2,1-5H3. The van der Waals surface area contributed by atoms with Gasteiger partial charge in [-0.05, 0) is 62.5 Å². The minimum atomic E-state index is 0.737. The van der Waals surface area contributed by atoms with Gasteiger partial charge in [-0.15, -0.1) is 0 Å². The van der Waals surface area contributed by atoms with Gasteiger partial charge in [0.2, 0.25) is 0 Å². The normalized spacial score (nSPS) is 14.5. The summed E-state index contributed by atoms with van der Waals surface area (Å²) in [6, 6.07) is 6.69. The molecule has 0 bridgehead atoms. The molecule has 0 N–H and O–H groups in total. The molecule has 3 rings (SSSR count). The van der Waals surface area contributed by atoms with Crippen molar-refractivity contribution in [2.45, 2.75) is 98.8 Å². The van der Waals surface area contributed by atoms with Crippen molar-refractivity contribution in [3.05, 3.63) is 40.6 Å². The maximum Gasteiger partial charge on any atom is 0.162 e. The molecule has 1 aromatic carbocycles. The fourth-order valence-electron chi connectivity index (χ4n) is 5.28. The molecule has 1 fully saturated rings. The first-order valence-electron chi connectivity index (χ1n) is 12.9. The van der Waals surface area contributed by atoms with Crippen LogP contribution in [0.1, 0.15) is 95.0 Å². The predicted octanol–water partition coefficient (Wildman–Crippen LogP) is 7.33. The smallest absolute Gasteiger partial charge is 0.162 e. The predicted molar refractivity (Wildman–Crippen MR) is 134 cm³/mol. The van der Waals surface area contributed by atoms with Gasteiger partial charge in [0.15, 0.2) is 5.82 Å². The first kappa shape index (κ1) is 23.8. The van der Waals surface area contributed by atoms with Gasteiger partial charge in [-0.3, -0.25) is 0 Å². The van der Waals surface area contributed by atoms with E-state index in [2.05, 4.69) is 57.7 Å². The van der Waals surface area contributed by atoms with Crippen LogP contribution in [0.5, 0.6) is 0 Å². The van der Waals surface area contributed by atoms with E-state index < -0.39 is 0 Å². The zero-order chi connectivity index (χ0) is 22.2. The summed E-state index contributed by atoms with van der Waals surface area (Å²) < 4.78 is 0. The Labute approximate surface area is 190 Å². The Hall–Kier alpha value is -1.90. The summed E-state index contributed by atoms with van der Waals surface area (Å²) in [6.07, 6.45) is 12.2. The number of anilines is 1. The van der Waals surface area contributed by atoms with E-state index >= 15 is 0 Å². The molecule has 0 atom stereocenters. The van der Waals surface area contributed by atoms with Crippen LogP contribution in [0, 0.1) is 12.8 Å². The molecule has 2 heterocycles. The SMILES string of the molecule is CCCC(CCC)Cc1c(C)nc(-c2c(CC)cccc2CC)nc1N1CCCCC1. The molecule has 0 amide bonds. The third kappa shape index (κ3) is 5.67. The fourth-order valence-corrected chi connectivity index (χ4v) is 5.28. The van der Waals surface area contributed by atoms with E-state index in [0.717, 1.165) is 44.1 Å². The van der Waals surface area contributed by atoms with Gasteiger partial charge in [0.25, 0.3) is 0 Å². The van der Waals surface area contributed by atoms with E-state index in [1.807, 2.05) is 0 Å². The lowest BCUT2D eigenvalue weighted by Gasteiger charge is -2.31. The van der Waals surface area contributed by atoms with Crippen LogP contribution >= 0.6 is 0 Å². The molecular formula is C28H43N3. The average molecular weight is 422 g/mol. The summed E-state index contributed by atoms with van der Waals surface area (Å²) in [5.41, 5.74) is 6.61. The van der Waals surface area contributed by atoms with Crippen LogP contribution < -0.4 is 4.90 Å². The summed E-state index contributed by atoms with van der Waals surface area (Å²) >= 11 is 0. The number of hydrogen-bond donors (Lipinski definition) is 0. The van der Waals surface area contributed by atoms with Gasteiger partial charge in [0.1, 0.15) is 5.82 Å². The van der Waals surface area contributed by atoms with Gasteiger partial charge in [0, 0.05) is 29.9 Å². The fraction of sp³-hybridized carbons (Fsp3) is 0.643. The first-order chi connectivity index (χ1) is 15.1. The van der Waals surface area contributed by atoms with E-state index in [0.29, 0.717) is 0 Å². The molecule has 1 saturated heterocycles. The number of hydrogen-bond acceptors (Lipinski definition) is 3. The third-order valence-corrected chi connectivity index (χ3v) is 6.96. The molecule has 3 nitrogen and oxygen atoms in total. The quantitative estimate of drug-likeness (QED) is 0.402. The van der Waals surface area contributed by atoms with Crippen LogP contribution in [-0.2, 0) is 19.3 Å². The van der Waals surface area contributed by atoms with E-state index in [4.69, 9.17) is 9.97 Å². The zero-order valence-corrected chi connectivity index (χ0v) is 20.6. The lowest BCUT2D eigenvalue weighted by atomic mass is 9.90. The summed E-state index contributed by atoms with van der Waals surface area (Å²) in [6.45, 7) is 13.6. The molecule has 0 spiro atoms. The van der Waals surface area contributed by atoms with Crippen molar-refractivity contribution in [2.24, 2.45) is 5.92 Å². The summed E-state index contributed by atoms with van der Waals surface area (Å²) in [5, 5.41) is 0. The number of benzene rings is 1. The van der Waals surface area contributed by atoms with Crippen molar-refractivity contribution < 1.29 is 0 Å².